The molecule has 0 saturated carbocycles. The van der Waals surface area contributed by atoms with E-state index < -0.39 is 11.9 Å². The van der Waals surface area contributed by atoms with E-state index in [2.05, 4.69) is 4.98 Å². The summed E-state index contributed by atoms with van der Waals surface area (Å²) in [5, 5.41) is 0. The molecule has 1 unspecified atom stereocenters. The van der Waals surface area contributed by atoms with Crippen LogP contribution in [-0.4, -0.2) is 23.1 Å². The molecular formula is C11H14F3N3S. The van der Waals surface area contributed by atoms with Gasteiger partial charge in [0.05, 0.1) is 4.99 Å². The molecule has 100 valence electrons. The van der Waals surface area contributed by atoms with Crippen LogP contribution in [0.25, 0.3) is 0 Å². The number of anilines is 1. The lowest BCUT2D eigenvalue weighted by atomic mass is 10.2. The van der Waals surface area contributed by atoms with Gasteiger partial charge in [0.1, 0.15) is 11.5 Å². The van der Waals surface area contributed by atoms with Crippen LogP contribution in [0.5, 0.6) is 0 Å². The first-order valence-corrected chi connectivity index (χ1v) is 5.68. The van der Waals surface area contributed by atoms with E-state index in [0.717, 1.165) is 6.07 Å². The van der Waals surface area contributed by atoms with Crippen molar-refractivity contribution in [2.75, 3.05) is 11.9 Å². The molecule has 1 atom stereocenters. The second-order valence-electron chi connectivity index (χ2n) is 4.01. The Bertz CT molecular complexity index is 434. The van der Waals surface area contributed by atoms with Crippen LogP contribution in [0.4, 0.5) is 19.0 Å². The highest BCUT2D eigenvalue weighted by Crippen LogP contribution is 2.29. The minimum absolute atomic E-state index is 0.113. The number of hydrogen-bond acceptors (Lipinski definition) is 3. The molecule has 0 aliphatic rings. The summed E-state index contributed by atoms with van der Waals surface area (Å²) in [6.07, 6.45) is -4.02. The molecule has 1 heterocycles. The Morgan fingerprint density at radius 2 is 2.11 bits per heavy atom. The minimum atomic E-state index is -4.44. The molecule has 0 amide bonds. The van der Waals surface area contributed by atoms with E-state index in [1.165, 1.54) is 12.1 Å². The molecule has 18 heavy (non-hydrogen) atoms. The van der Waals surface area contributed by atoms with Crippen LogP contribution in [-0.2, 0) is 6.18 Å². The lowest BCUT2D eigenvalue weighted by Crippen LogP contribution is -2.33. The Morgan fingerprint density at radius 1 is 1.50 bits per heavy atom. The van der Waals surface area contributed by atoms with Gasteiger partial charge in [-0.25, -0.2) is 4.98 Å². The number of halogens is 3. The molecule has 0 aliphatic carbocycles. The molecule has 0 radical (unpaired) electrons. The van der Waals surface area contributed by atoms with Gasteiger partial charge in [-0.1, -0.05) is 18.3 Å². The van der Waals surface area contributed by atoms with Crippen LogP contribution < -0.4 is 10.6 Å². The maximum absolute atomic E-state index is 12.5. The number of alkyl halides is 3. The van der Waals surface area contributed by atoms with Gasteiger partial charge in [0, 0.05) is 19.5 Å². The van der Waals surface area contributed by atoms with Gasteiger partial charge in [-0.05, 0) is 19.1 Å². The Kier molecular flexibility index (Phi) is 4.50. The number of nitrogens with zero attached hydrogens (tertiary/aromatic N) is 2. The quantitative estimate of drug-likeness (QED) is 0.859. The third kappa shape index (κ3) is 3.83. The fourth-order valence-electron chi connectivity index (χ4n) is 1.43. The number of nitrogens with two attached hydrogens (primary N) is 1. The lowest BCUT2D eigenvalue weighted by Gasteiger charge is -2.26. The fourth-order valence-corrected chi connectivity index (χ4v) is 1.67. The van der Waals surface area contributed by atoms with Gasteiger partial charge in [0.25, 0.3) is 0 Å². The van der Waals surface area contributed by atoms with E-state index in [4.69, 9.17) is 18.0 Å². The highest BCUT2D eigenvalue weighted by atomic mass is 32.1. The van der Waals surface area contributed by atoms with Crippen molar-refractivity contribution in [3.63, 3.8) is 0 Å². The van der Waals surface area contributed by atoms with Crippen LogP contribution >= 0.6 is 12.2 Å². The third-order valence-electron chi connectivity index (χ3n) is 2.54. The van der Waals surface area contributed by atoms with Gasteiger partial charge < -0.3 is 10.6 Å². The van der Waals surface area contributed by atoms with Crippen molar-refractivity contribution in [3.05, 3.63) is 23.9 Å². The standard InChI is InChI=1S/C11H14F3N3S/c1-7(6-9(15)18)17(2)10-5-3-4-8(16-10)11(12,13)14/h3-5,7H,6H2,1-2H3,(H2,15,18). The van der Waals surface area contributed by atoms with Crippen LogP contribution in [0.15, 0.2) is 18.2 Å². The normalized spacial score (nSPS) is 13.2. The predicted octanol–water partition coefficient (Wildman–Crippen LogP) is 2.60. The molecule has 3 nitrogen and oxygen atoms in total. The molecule has 0 spiro atoms. The molecule has 7 heteroatoms. The Labute approximate surface area is 109 Å². The summed E-state index contributed by atoms with van der Waals surface area (Å²) < 4.78 is 37.6. The number of thiocarbonyl (C=S) groups is 1. The molecule has 0 bridgehead atoms. The van der Waals surface area contributed by atoms with E-state index in [-0.39, 0.29) is 11.9 Å². The van der Waals surface area contributed by atoms with E-state index in [1.807, 2.05) is 6.92 Å². The summed E-state index contributed by atoms with van der Waals surface area (Å²) in [6, 6.07) is 3.68. The van der Waals surface area contributed by atoms with Gasteiger partial charge in [-0.3, -0.25) is 0 Å². The van der Waals surface area contributed by atoms with Crippen molar-refractivity contribution in [2.24, 2.45) is 5.73 Å². The van der Waals surface area contributed by atoms with Gasteiger partial charge in [-0.15, -0.1) is 0 Å². The van der Waals surface area contributed by atoms with Gasteiger partial charge in [-0.2, -0.15) is 13.2 Å². The molecular weight excluding hydrogens is 263 g/mol. The van der Waals surface area contributed by atoms with Gasteiger partial charge in [0.2, 0.25) is 0 Å². The summed E-state index contributed by atoms with van der Waals surface area (Å²) in [4.78, 5) is 5.53. The first-order chi connectivity index (χ1) is 8.21. The van der Waals surface area contributed by atoms with Gasteiger partial charge in [0.15, 0.2) is 0 Å². The maximum atomic E-state index is 12.5. The Morgan fingerprint density at radius 3 is 2.61 bits per heavy atom. The summed E-state index contributed by atoms with van der Waals surface area (Å²) in [7, 11) is 1.66. The monoisotopic (exact) mass is 277 g/mol. The second kappa shape index (κ2) is 5.51. The maximum Gasteiger partial charge on any atom is 0.433 e. The van der Waals surface area contributed by atoms with Crippen LogP contribution in [0.3, 0.4) is 0 Å². The summed E-state index contributed by atoms with van der Waals surface area (Å²) >= 11 is 4.78. The summed E-state index contributed by atoms with van der Waals surface area (Å²) in [5.41, 5.74) is 4.50. The fraction of sp³-hybridized carbons (Fsp3) is 0.455. The second-order valence-corrected chi connectivity index (χ2v) is 4.53. The zero-order valence-electron chi connectivity index (χ0n) is 10.0. The summed E-state index contributed by atoms with van der Waals surface area (Å²) in [5.74, 6) is 0.244. The molecule has 0 fully saturated rings. The lowest BCUT2D eigenvalue weighted by molar-refractivity contribution is -0.141. The molecule has 0 aliphatic heterocycles. The molecule has 1 aromatic rings. The average Bonchev–Trinajstić information content (AvgIpc) is 2.26. The predicted molar refractivity (Wildman–Crippen MR) is 68.5 cm³/mol. The Hall–Kier alpha value is -1.37. The van der Waals surface area contributed by atoms with Crippen LogP contribution in [0.2, 0.25) is 0 Å². The van der Waals surface area contributed by atoms with Crippen molar-refractivity contribution in [1.82, 2.24) is 4.98 Å². The zero-order chi connectivity index (χ0) is 13.9. The van der Waals surface area contributed by atoms with Crippen molar-refractivity contribution < 1.29 is 13.2 Å². The first kappa shape index (κ1) is 14.7. The topological polar surface area (TPSA) is 42.1 Å². The van der Waals surface area contributed by atoms with Crippen molar-refractivity contribution in [2.45, 2.75) is 25.6 Å². The highest BCUT2D eigenvalue weighted by Gasteiger charge is 2.32. The van der Waals surface area contributed by atoms with E-state index in [0.29, 0.717) is 11.4 Å². The highest BCUT2D eigenvalue weighted by molar-refractivity contribution is 7.80. The molecule has 0 aromatic carbocycles. The van der Waals surface area contributed by atoms with Crippen molar-refractivity contribution >= 4 is 23.0 Å². The molecule has 1 aromatic heterocycles. The molecule has 2 N–H and O–H groups in total. The number of rotatable bonds is 4. The molecule has 0 saturated heterocycles. The van der Waals surface area contributed by atoms with Crippen molar-refractivity contribution in [1.29, 1.82) is 0 Å². The number of aromatic nitrogens is 1. The van der Waals surface area contributed by atoms with Crippen molar-refractivity contribution in [3.8, 4) is 0 Å². The SMILES string of the molecule is CC(CC(N)=S)N(C)c1cccc(C(F)(F)F)n1. The average molecular weight is 277 g/mol. The summed E-state index contributed by atoms with van der Waals surface area (Å²) in [6.45, 7) is 1.82. The smallest absolute Gasteiger partial charge is 0.393 e. The Balaban J connectivity index is 2.93. The van der Waals surface area contributed by atoms with Gasteiger partial charge >= 0.3 is 6.18 Å². The number of pyridine rings is 1. The largest absolute Gasteiger partial charge is 0.433 e. The number of hydrogen-bond donors (Lipinski definition) is 1. The minimum Gasteiger partial charge on any atom is -0.393 e. The van der Waals surface area contributed by atoms with Crippen LogP contribution in [0.1, 0.15) is 19.0 Å². The first-order valence-electron chi connectivity index (χ1n) is 5.27. The zero-order valence-corrected chi connectivity index (χ0v) is 10.8. The van der Waals surface area contributed by atoms with E-state index >= 15 is 0 Å². The van der Waals surface area contributed by atoms with E-state index in [9.17, 15) is 13.2 Å². The third-order valence-corrected chi connectivity index (χ3v) is 2.71. The van der Waals surface area contributed by atoms with Crippen LogP contribution in [0, 0.1) is 0 Å². The molecule has 1 rings (SSSR count). The van der Waals surface area contributed by atoms with E-state index in [1.54, 1.807) is 11.9 Å².